The third-order valence-electron chi connectivity index (χ3n) is 6.53. The number of nitro groups is 1. The fourth-order valence-corrected chi connectivity index (χ4v) is 4.92. The Bertz CT molecular complexity index is 1870. The van der Waals surface area contributed by atoms with Crippen LogP contribution >= 0.6 is 34.8 Å². The van der Waals surface area contributed by atoms with Crippen molar-refractivity contribution in [2.45, 2.75) is 0 Å². The molecule has 0 atom stereocenters. The van der Waals surface area contributed by atoms with Crippen molar-refractivity contribution in [2.24, 2.45) is 0 Å². The monoisotopic (exact) mass is 585 g/mol. The Balaban J connectivity index is 1.49. The second-order valence-electron chi connectivity index (χ2n) is 8.97. The molecule has 40 heavy (non-hydrogen) atoms. The number of aromatic nitrogens is 4. The molecule has 0 aliphatic heterocycles. The third-order valence-corrected chi connectivity index (χ3v) is 7.47. The van der Waals surface area contributed by atoms with Crippen LogP contribution in [-0.2, 0) is 0 Å². The summed E-state index contributed by atoms with van der Waals surface area (Å²) in [6.07, 6.45) is 6.59. The molecule has 0 saturated heterocycles. The Kier molecular flexibility index (Phi) is 6.86. The zero-order valence-electron chi connectivity index (χ0n) is 20.6. The van der Waals surface area contributed by atoms with E-state index in [9.17, 15) is 10.1 Å². The first-order valence-corrected chi connectivity index (χ1v) is 13.2. The Morgan fingerprint density at radius 3 is 1.52 bits per heavy atom. The molecule has 0 unspecified atom stereocenters. The lowest BCUT2D eigenvalue weighted by Crippen LogP contribution is -2.19. The number of nitrogens with zero attached hydrogens (tertiary/aromatic N) is 5. The standard InChI is InChI=1S/C30H18Cl3N5O2/c31-27(29(32)33)28(38(39)40)30(36-17-25(15-34-36)23-11-9-19-5-1-3-7-21(19)13-23)37-18-26(16-35-37)24-12-10-20-6-2-4-8-22(20)14-24/h1-18H. The number of halogens is 3. The molecule has 0 spiro atoms. The summed E-state index contributed by atoms with van der Waals surface area (Å²) in [5, 5.41) is 25.1. The van der Waals surface area contributed by atoms with Gasteiger partial charge in [-0.05, 0) is 44.8 Å². The number of benzene rings is 4. The van der Waals surface area contributed by atoms with Crippen LogP contribution in [0.1, 0.15) is 0 Å². The molecule has 0 aliphatic rings. The van der Waals surface area contributed by atoms with E-state index in [0.29, 0.717) is 0 Å². The summed E-state index contributed by atoms with van der Waals surface area (Å²) in [4.78, 5) is 11.7. The minimum absolute atomic E-state index is 0.0483. The first-order chi connectivity index (χ1) is 19.4. The van der Waals surface area contributed by atoms with Crippen LogP contribution < -0.4 is 0 Å². The molecule has 0 N–H and O–H groups in total. The van der Waals surface area contributed by atoms with Crippen molar-refractivity contribution in [3.05, 3.63) is 141 Å². The highest BCUT2D eigenvalue weighted by Gasteiger charge is 2.29. The van der Waals surface area contributed by atoms with Crippen LogP contribution in [0.3, 0.4) is 0 Å². The fraction of sp³-hybridized carbons (Fsp3) is 0. The molecule has 6 aromatic rings. The SMILES string of the molecule is O=[N+]([O-])C(C(Cl)=C(Cl)Cl)=C(n1cc(-c2ccc3ccccc3c2)cn1)n1cc(-c2ccc3ccccc3c2)cn1. The van der Waals surface area contributed by atoms with E-state index in [4.69, 9.17) is 34.8 Å². The number of fused-ring (bicyclic) bond motifs is 2. The van der Waals surface area contributed by atoms with Crippen molar-refractivity contribution in [3.8, 4) is 22.3 Å². The highest BCUT2D eigenvalue weighted by atomic mass is 35.5. The summed E-state index contributed by atoms with van der Waals surface area (Å²) in [6.45, 7) is 0. The van der Waals surface area contributed by atoms with Crippen LogP contribution in [0.5, 0.6) is 0 Å². The summed E-state index contributed by atoms with van der Waals surface area (Å²) in [7, 11) is 0. The summed E-state index contributed by atoms with van der Waals surface area (Å²) in [5.74, 6) is -0.0483. The summed E-state index contributed by atoms with van der Waals surface area (Å²) in [6, 6.07) is 28.0. The zero-order valence-corrected chi connectivity index (χ0v) is 22.8. The van der Waals surface area contributed by atoms with Crippen molar-refractivity contribution >= 4 is 56.3 Å². The van der Waals surface area contributed by atoms with Gasteiger partial charge in [0.25, 0.3) is 0 Å². The van der Waals surface area contributed by atoms with E-state index in [1.807, 2.05) is 84.9 Å². The van der Waals surface area contributed by atoms with Crippen LogP contribution in [-0.4, -0.2) is 24.5 Å². The fourth-order valence-electron chi connectivity index (χ4n) is 4.58. The topological polar surface area (TPSA) is 78.8 Å². The van der Waals surface area contributed by atoms with Gasteiger partial charge < -0.3 is 0 Å². The van der Waals surface area contributed by atoms with E-state index in [1.54, 1.807) is 24.8 Å². The molecule has 0 amide bonds. The highest BCUT2D eigenvalue weighted by molar-refractivity contribution is 6.59. The predicted molar refractivity (Wildman–Crippen MR) is 159 cm³/mol. The smallest absolute Gasteiger partial charge is 0.258 e. The van der Waals surface area contributed by atoms with E-state index in [0.717, 1.165) is 43.8 Å². The third kappa shape index (κ3) is 4.86. The maximum Gasteiger partial charge on any atom is 0.334 e. The number of allylic oxidation sites excluding steroid dienone is 1. The molecule has 196 valence electrons. The average Bonchev–Trinajstić information content (AvgIpc) is 3.65. The van der Waals surface area contributed by atoms with Crippen LogP contribution in [0, 0.1) is 15.9 Å². The van der Waals surface area contributed by atoms with Gasteiger partial charge in [0.05, 0.1) is 17.3 Å². The van der Waals surface area contributed by atoms with Gasteiger partial charge in [-0.25, -0.2) is 9.36 Å². The molecule has 2 heterocycles. The second kappa shape index (κ2) is 10.6. The molecule has 10 heteroatoms. The number of hydrogen-bond donors (Lipinski definition) is 0. The quantitative estimate of drug-likeness (QED) is 0.112. The Morgan fingerprint density at radius 2 is 1.10 bits per heavy atom. The first-order valence-electron chi connectivity index (χ1n) is 12.1. The lowest BCUT2D eigenvalue weighted by Gasteiger charge is -2.09. The van der Waals surface area contributed by atoms with Crippen LogP contribution in [0.4, 0.5) is 0 Å². The molecular weight excluding hydrogens is 569 g/mol. The largest absolute Gasteiger partial charge is 0.334 e. The summed E-state index contributed by atoms with van der Waals surface area (Å²) >= 11 is 18.1. The second-order valence-corrected chi connectivity index (χ2v) is 10.3. The number of hydrogen-bond acceptors (Lipinski definition) is 4. The van der Waals surface area contributed by atoms with E-state index < -0.39 is 20.1 Å². The van der Waals surface area contributed by atoms with Gasteiger partial charge in [-0.15, -0.1) is 0 Å². The predicted octanol–water partition coefficient (Wildman–Crippen LogP) is 8.37. The average molecular weight is 587 g/mol. The van der Waals surface area contributed by atoms with E-state index in [-0.39, 0.29) is 5.82 Å². The maximum absolute atomic E-state index is 12.3. The molecular formula is C30H18Cl3N5O2. The van der Waals surface area contributed by atoms with E-state index in [1.165, 1.54) is 9.36 Å². The molecule has 0 bridgehead atoms. The zero-order chi connectivity index (χ0) is 27.8. The highest BCUT2D eigenvalue weighted by Crippen LogP contribution is 2.31. The van der Waals surface area contributed by atoms with Gasteiger partial charge in [0, 0.05) is 23.5 Å². The van der Waals surface area contributed by atoms with Crippen LogP contribution in [0.25, 0.3) is 43.8 Å². The maximum atomic E-state index is 12.3. The Hall–Kier alpha value is -4.43. The van der Waals surface area contributed by atoms with Gasteiger partial charge in [0.1, 0.15) is 4.49 Å². The molecule has 0 aliphatic carbocycles. The van der Waals surface area contributed by atoms with Gasteiger partial charge in [-0.1, -0.05) is 108 Å². The molecule has 7 nitrogen and oxygen atoms in total. The van der Waals surface area contributed by atoms with Crippen molar-refractivity contribution in [1.82, 2.24) is 19.6 Å². The van der Waals surface area contributed by atoms with Gasteiger partial charge in [0.15, 0.2) is 5.03 Å². The Morgan fingerprint density at radius 1 is 0.650 bits per heavy atom. The summed E-state index contributed by atoms with van der Waals surface area (Å²) < 4.78 is 2.24. The van der Waals surface area contributed by atoms with Crippen molar-refractivity contribution in [3.63, 3.8) is 0 Å². The van der Waals surface area contributed by atoms with Crippen molar-refractivity contribution in [1.29, 1.82) is 0 Å². The van der Waals surface area contributed by atoms with Gasteiger partial charge in [-0.3, -0.25) is 10.1 Å². The Labute approximate surface area is 243 Å². The molecule has 0 radical (unpaired) electrons. The van der Waals surface area contributed by atoms with Gasteiger partial charge in [-0.2, -0.15) is 10.2 Å². The molecule has 0 saturated carbocycles. The molecule has 0 fully saturated rings. The number of rotatable bonds is 6. The normalized spacial score (nSPS) is 11.1. The van der Waals surface area contributed by atoms with E-state index >= 15 is 0 Å². The van der Waals surface area contributed by atoms with Gasteiger partial charge >= 0.3 is 5.70 Å². The molecule has 4 aromatic carbocycles. The lowest BCUT2D eigenvalue weighted by atomic mass is 10.0. The van der Waals surface area contributed by atoms with Crippen molar-refractivity contribution < 1.29 is 4.92 Å². The van der Waals surface area contributed by atoms with Crippen LogP contribution in [0.2, 0.25) is 0 Å². The summed E-state index contributed by atoms with van der Waals surface area (Å²) in [5.41, 5.74) is 2.71. The first kappa shape index (κ1) is 25.8. The van der Waals surface area contributed by atoms with E-state index in [2.05, 4.69) is 10.2 Å². The van der Waals surface area contributed by atoms with Gasteiger partial charge in [0.2, 0.25) is 5.82 Å². The molecule has 6 rings (SSSR count). The minimum Gasteiger partial charge on any atom is -0.258 e. The lowest BCUT2D eigenvalue weighted by molar-refractivity contribution is -0.422. The van der Waals surface area contributed by atoms with Crippen LogP contribution in [0.15, 0.2) is 125 Å². The molecule has 2 aromatic heterocycles. The minimum atomic E-state index is -0.656. The van der Waals surface area contributed by atoms with Crippen molar-refractivity contribution in [2.75, 3.05) is 0 Å².